The molecule has 5 heterocycles. The monoisotopic (exact) mass is 351 g/mol. The van der Waals surface area contributed by atoms with E-state index < -0.39 is 17.6 Å². The molecule has 1 aliphatic carbocycles. The number of aliphatic hydroxyl groups is 1. The van der Waals surface area contributed by atoms with Gasteiger partial charge in [-0.1, -0.05) is 0 Å². The molecule has 124 valence electrons. The maximum atomic E-state index is 12.8. The third-order valence-electron chi connectivity index (χ3n) is 6.60. The normalized spacial score (nSPS) is 37.4. The number of benzene rings is 1. The molecule has 25 heavy (non-hydrogen) atoms. The summed E-state index contributed by atoms with van der Waals surface area (Å²) < 4.78 is 0. The number of hydrogen-bond donors (Lipinski definition) is 2. The Kier molecular flexibility index (Phi) is 1.94. The summed E-state index contributed by atoms with van der Waals surface area (Å²) in [4.78, 5) is 25.0. The fraction of sp³-hybridized carbons (Fsp3) is 0.389. The Bertz CT molecular complexity index is 1140. The van der Waals surface area contributed by atoms with Crippen molar-refractivity contribution in [2.75, 3.05) is 11.4 Å². The van der Waals surface area contributed by atoms with Crippen LogP contribution in [0.25, 0.3) is 5.57 Å². The fourth-order valence-electron chi connectivity index (χ4n) is 5.64. The Labute approximate surface area is 146 Å². The van der Waals surface area contributed by atoms with E-state index in [1.165, 1.54) is 0 Å². The highest BCUT2D eigenvalue weighted by Crippen LogP contribution is 2.62. The average molecular weight is 351 g/mol. The molecule has 1 spiro atoms. The summed E-state index contributed by atoms with van der Waals surface area (Å²) >= 11 is 1.55. The lowest BCUT2D eigenvalue weighted by atomic mass is 9.62. The van der Waals surface area contributed by atoms with Gasteiger partial charge in [0.05, 0.1) is 17.2 Å². The molecule has 0 aromatic heterocycles. The number of ketones is 1. The van der Waals surface area contributed by atoms with Gasteiger partial charge in [0.25, 0.3) is 0 Å². The third kappa shape index (κ3) is 1.15. The summed E-state index contributed by atoms with van der Waals surface area (Å²) in [5, 5.41) is 23.6. The summed E-state index contributed by atoms with van der Waals surface area (Å²) in [5.74, 6) is 0.0971. The van der Waals surface area contributed by atoms with E-state index >= 15 is 0 Å². The van der Waals surface area contributed by atoms with Gasteiger partial charge in [0.2, 0.25) is 0 Å². The first kappa shape index (κ1) is 13.1. The predicted molar refractivity (Wildman–Crippen MR) is 93.0 cm³/mol. The third-order valence-corrected chi connectivity index (χ3v) is 7.88. The molecule has 6 aliphatic rings. The van der Waals surface area contributed by atoms with Crippen LogP contribution in [0.5, 0.6) is 5.75 Å². The zero-order valence-corrected chi connectivity index (χ0v) is 13.9. The van der Waals surface area contributed by atoms with Crippen LogP contribution in [0.4, 0.5) is 11.4 Å². The molecule has 2 N–H and O–H groups in total. The quantitative estimate of drug-likeness (QED) is 0.688. The number of fused-ring (bicyclic) bond motifs is 3. The van der Waals surface area contributed by atoms with Crippen molar-refractivity contribution in [3.8, 4) is 5.75 Å². The second-order valence-corrected chi connectivity index (χ2v) is 8.77. The number of phenols is 1. The Balaban J connectivity index is 1.79. The lowest BCUT2D eigenvalue weighted by Crippen LogP contribution is -2.67. The van der Waals surface area contributed by atoms with Crippen molar-refractivity contribution in [2.45, 2.75) is 35.8 Å². The number of rotatable bonds is 0. The summed E-state index contributed by atoms with van der Waals surface area (Å²) in [7, 11) is 0. The van der Waals surface area contributed by atoms with Crippen molar-refractivity contribution in [1.82, 2.24) is 0 Å². The zero-order chi connectivity index (χ0) is 16.7. The lowest BCUT2D eigenvalue weighted by molar-refractivity contribution is -0.120. The van der Waals surface area contributed by atoms with Crippen molar-refractivity contribution >= 4 is 40.7 Å². The number of thioether (sulfide) groups is 1. The minimum Gasteiger partial charge on any atom is -0.504 e. The van der Waals surface area contributed by atoms with E-state index in [9.17, 15) is 15.0 Å². The Morgan fingerprint density at radius 1 is 1.40 bits per heavy atom. The van der Waals surface area contributed by atoms with E-state index in [0.29, 0.717) is 24.0 Å². The minimum absolute atomic E-state index is 0.0236. The largest absolute Gasteiger partial charge is 0.504 e. The van der Waals surface area contributed by atoms with Crippen molar-refractivity contribution < 1.29 is 15.0 Å². The number of aromatic hydroxyl groups is 1. The zero-order valence-electron chi connectivity index (χ0n) is 13.1. The molecule has 1 aromatic carbocycles. The predicted octanol–water partition coefficient (Wildman–Crippen LogP) is 0.0126. The number of nitrogens with zero attached hydrogens (tertiary/aromatic N) is 3. The number of phenolic OH excluding ortho intramolecular Hbond substituents is 1. The van der Waals surface area contributed by atoms with E-state index in [1.807, 2.05) is 11.1 Å². The topological polar surface area (TPSA) is 85.5 Å². The molecular weight excluding hydrogens is 338 g/mol. The maximum absolute atomic E-state index is 12.8. The van der Waals surface area contributed by atoms with Gasteiger partial charge in [-0.25, -0.2) is 0 Å². The van der Waals surface area contributed by atoms with Gasteiger partial charge in [-0.05, 0) is 24.5 Å². The van der Waals surface area contributed by atoms with Crippen molar-refractivity contribution in [3.05, 3.63) is 27.1 Å². The Morgan fingerprint density at radius 3 is 3.16 bits per heavy atom. The van der Waals surface area contributed by atoms with Crippen molar-refractivity contribution in [1.29, 1.82) is 0 Å². The van der Waals surface area contributed by atoms with Crippen LogP contribution in [-0.4, -0.2) is 46.3 Å². The number of hydrogen-bond acceptors (Lipinski definition) is 7. The van der Waals surface area contributed by atoms with Crippen LogP contribution in [0.15, 0.2) is 21.0 Å². The standard InChI is InChI=1S/C18H13N3O3S/c22-7-3-8-18-4-9(25-8)20-13-11(18)15-10-6(5-19-12(10)16(13)23)1-2-21(15)14(7)17(18)24/h3,5,9,14,17,23-24H,1-2,4H2/t9-,14+,17-,18?/m0/s1. The van der Waals surface area contributed by atoms with Gasteiger partial charge in [-0.15, -0.1) is 11.8 Å². The number of aliphatic imine (C=N–C) groups is 1. The molecule has 7 rings (SSSR count). The van der Waals surface area contributed by atoms with Crippen molar-refractivity contribution in [3.63, 3.8) is 0 Å². The molecule has 4 atom stereocenters. The first-order valence-electron chi connectivity index (χ1n) is 8.53. The van der Waals surface area contributed by atoms with Gasteiger partial charge >= 0.3 is 0 Å². The highest BCUT2D eigenvalue weighted by molar-refractivity contribution is 8.04. The molecule has 1 unspecified atom stereocenters. The molecule has 0 saturated carbocycles. The number of carbonyl (C=O) groups is 1. The Morgan fingerprint density at radius 2 is 2.28 bits per heavy atom. The van der Waals surface area contributed by atoms with Crippen LogP contribution in [0, 0.1) is 0 Å². The molecule has 3 bridgehead atoms. The summed E-state index contributed by atoms with van der Waals surface area (Å²) in [6.45, 7) is 0.675. The van der Waals surface area contributed by atoms with Gasteiger partial charge in [0.1, 0.15) is 22.5 Å². The molecule has 0 amide bonds. The molecule has 1 aromatic rings. The molecule has 0 radical (unpaired) electrons. The smallest absolute Gasteiger partial charge is 0.181 e. The summed E-state index contributed by atoms with van der Waals surface area (Å²) in [5.41, 5.74) is 2.97. The first-order chi connectivity index (χ1) is 12.1. The molecular formula is C18H13N3O3S. The SMILES string of the molecule is O=C1C=C2S[C@H]3CC24c2c5c6c(c(O)c2=N3)N=CC=6CCN5[C@H]1[C@@H]4O. The highest BCUT2D eigenvalue weighted by Gasteiger charge is 2.64. The van der Waals surface area contributed by atoms with Crippen molar-refractivity contribution in [2.24, 2.45) is 9.98 Å². The van der Waals surface area contributed by atoms with E-state index in [-0.39, 0.29) is 16.9 Å². The molecule has 6 nitrogen and oxygen atoms in total. The lowest BCUT2D eigenvalue weighted by Gasteiger charge is -2.53. The van der Waals surface area contributed by atoms with Gasteiger partial charge in [0, 0.05) is 28.4 Å². The Hall–Kier alpha value is -2.12. The van der Waals surface area contributed by atoms with E-state index in [4.69, 9.17) is 4.99 Å². The molecule has 1 saturated heterocycles. The van der Waals surface area contributed by atoms with Gasteiger partial charge in [-0.2, -0.15) is 0 Å². The molecule has 7 heteroatoms. The van der Waals surface area contributed by atoms with E-state index in [1.54, 1.807) is 17.8 Å². The first-order valence-corrected chi connectivity index (χ1v) is 9.41. The number of aliphatic hydroxyl groups excluding tert-OH is 1. The molecule has 5 aliphatic heterocycles. The van der Waals surface area contributed by atoms with E-state index in [0.717, 1.165) is 33.4 Å². The summed E-state index contributed by atoms with van der Waals surface area (Å²) in [6.07, 6.45) is 4.21. The second kappa shape index (κ2) is 3.68. The highest BCUT2D eigenvalue weighted by atomic mass is 32.2. The second-order valence-electron chi connectivity index (χ2n) is 7.55. The minimum atomic E-state index is -0.791. The van der Waals surface area contributed by atoms with Gasteiger partial charge in [0.15, 0.2) is 11.5 Å². The van der Waals surface area contributed by atoms with E-state index in [2.05, 4.69) is 4.99 Å². The van der Waals surface area contributed by atoms with Crippen LogP contribution in [0.1, 0.15) is 18.4 Å². The fourth-order valence-corrected chi connectivity index (χ4v) is 7.14. The van der Waals surface area contributed by atoms with Crippen LogP contribution < -0.4 is 15.5 Å². The number of carbonyl (C=O) groups excluding carboxylic acids is 1. The van der Waals surface area contributed by atoms with Crippen LogP contribution >= 0.6 is 11.8 Å². The maximum Gasteiger partial charge on any atom is 0.181 e. The number of anilines is 1. The average Bonchev–Trinajstić information content (AvgIpc) is 3.13. The van der Waals surface area contributed by atoms with Gasteiger partial charge in [-0.3, -0.25) is 14.8 Å². The van der Waals surface area contributed by atoms with Crippen LogP contribution in [0.3, 0.4) is 0 Å². The van der Waals surface area contributed by atoms with Gasteiger partial charge < -0.3 is 15.1 Å². The summed E-state index contributed by atoms with van der Waals surface area (Å²) in [6, 6.07) is -0.544. The van der Waals surface area contributed by atoms with Crippen LogP contribution in [0.2, 0.25) is 0 Å². The van der Waals surface area contributed by atoms with Crippen LogP contribution in [-0.2, 0) is 10.2 Å². The molecule has 1 fully saturated rings.